The molecule has 0 bridgehead atoms. The Bertz CT molecular complexity index is 242. The fourth-order valence-electron chi connectivity index (χ4n) is 1.37. The van der Waals surface area contributed by atoms with Gasteiger partial charge >= 0.3 is 0 Å². The number of carbonyl (C=O) groups is 2. The van der Waals surface area contributed by atoms with E-state index < -0.39 is 6.04 Å². The summed E-state index contributed by atoms with van der Waals surface area (Å²) in [5, 5.41) is 5.41. The van der Waals surface area contributed by atoms with E-state index in [9.17, 15) is 9.59 Å². The van der Waals surface area contributed by atoms with Crippen molar-refractivity contribution >= 4 is 11.8 Å². The van der Waals surface area contributed by atoms with E-state index in [-0.39, 0.29) is 17.9 Å². The van der Waals surface area contributed by atoms with E-state index in [0.717, 1.165) is 19.3 Å². The van der Waals surface area contributed by atoms with E-state index in [1.807, 2.05) is 13.8 Å². The van der Waals surface area contributed by atoms with Gasteiger partial charge in [0.25, 0.3) is 0 Å². The lowest BCUT2D eigenvalue weighted by atomic mass is 10.1. The third-order valence-corrected chi connectivity index (χ3v) is 2.38. The third-order valence-electron chi connectivity index (χ3n) is 2.38. The highest BCUT2D eigenvalue weighted by atomic mass is 16.2. The van der Waals surface area contributed by atoms with Gasteiger partial charge in [0.1, 0.15) is 6.04 Å². The zero-order valence-corrected chi connectivity index (χ0v) is 11.1. The van der Waals surface area contributed by atoms with Crippen molar-refractivity contribution in [2.45, 2.75) is 58.5 Å². The molecular weight excluding hydrogens is 218 g/mol. The first-order valence-electron chi connectivity index (χ1n) is 6.30. The monoisotopic (exact) mass is 243 g/mol. The van der Waals surface area contributed by atoms with Crippen molar-refractivity contribution in [3.8, 4) is 0 Å². The number of nitrogens with one attached hydrogen (secondary N) is 2. The predicted molar refractivity (Wildman–Crippen MR) is 68.4 cm³/mol. The van der Waals surface area contributed by atoms with Crippen LogP contribution in [0.3, 0.4) is 0 Å². The number of nitrogens with two attached hydrogens (primary N) is 1. The van der Waals surface area contributed by atoms with Gasteiger partial charge in [-0.25, -0.2) is 0 Å². The summed E-state index contributed by atoms with van der Waals surface area (Å²) >= 11 is 0. The van der Waals surface area contributed by atoms with Gasteiger partial charge in [0.2, 0.25) is 11.8 Å². The zero-order chi connectivity index (χ0) is 13.3. The number of amides is 2. The molecule has 0 aromatic heterocycles. The van der Waals surface area contributed by atoms with Crippen LogP contribution in [-0.2, 0) is 9.59 Å². The zero-order valence-electron chi connectivity index (χ0n) is 11.1. The van der Waals surface area contributed by atoms with Crippen molar-refractivity contribution in [2.75, 3.05) is 6.54 Å². The second kappa shape index (κ2) is 8.98. The molecule has 2 amide bonds. The van der Waals surface area contributed by atoms with Crippen LogP contribution in [-0.4, -0.2) is 30.4 Å². The average molecular weight is 243 g/mol. The van der Waals surface area contributed by atoms with E-state index in [4.69, 9.17) is 5.73 Å². The summed E-state index contributed by atoms with van der Waals surface area (Å²) < 4.78 is 0. The molecule has 0 aliphatic carbocycles. The molecule has 5 nitrogen and oxygen atoms in total. The molecule has 0 fully saturated rings. The van der Waals surface area contributed by atoms with Gasteiger partial charge in [-0.2, -0.15) is 0 Å². The predicted octanol–water partition coefficient (Wildman–Crippen LogP) is 0.535. The SMILES string of the molecule is CCCNC(=O)C(C)NC(=O)CCCC(C)N. The maximum Gasteiger partial charge on any atom is 0.242 e. The maximum atomic E-state index is 11.5. The second-order valence-corrected chi connectivity index (χ2v) is 4.45. The minimum Gasteiger partial charge on any atom is -0.354 e. The van der Waals surface area contributed by atoms with E-state index in [1.54, 1.807) is 6.92 Å². The van der Waals surface area contributed by atoms with Crippen LogP contribution >= 0.6 is 0 Å². The number of rotatable bonds is 8. The van der Waals surface area contributed by atoms with Crippen LogP contribution in [0, 0.1) is 0 Å². The molecule has 0 spiro atoms. The molecule has 0 radical (unpaired) electrons. The standard InChI is InChI=1S/C12H25N3O2/c1-4-8-14-12(17)10(3)15-11(16)7-5-6-9(2)13/h9-10H,4-8,13H2,1-3H3,(H,14,17)(H,15,16). The Hall–Kier alpha value is -1.10. The molecule has 4 N–H and O–H groups in total. The van der Waals surface area contributed by atoms with Gasteiger partial charge < -0.3 is 16.4 Å². The minimum atomic E-state index is -0.468. The summed E-state index contributed by atoms with van der Waals surface area (Å²) in [6, 6.07) is -0.350. The summed E-state index contributed by atoms with van der Waals surface area (Å²) in [4.78, 5) is 23.0. The summed E-state index contributed by atoms with van der Waals surface area (Å²) in [6.45, 7) is 6.23. The van der Waals surface area contributed by atoms with Crippen LogP contribution in [0.25, 0.3) is 0 Å². The van der Waals surface area contributed by atoms with Crippen molar-refractivity contribution in [1.82, 2.24) is 10.6 Å². The van der Waals surface area contributed by atoms with E-state index in [0.29, 0.717) is 13.0 Å². The number of hydrogen-bond donors (Lipinski definition) is 3. The molecule has 2 atom stereocenters. The Morgan fingerprint density at radius 1 is 1.29 bits per heavy atom. The first-order valence-corrected chi connectivity index (χ1v) is 6.30. The van der Waals surface area contributed by atoms with Crippen LogP contribution in [0.15, 0.2) is 0 Å². The number of hydrogen-bond acceptors (Lipinski definition) is 3. The molecule has 0 heterocycles. The molecule has 100 valence electrons. The van der Waals surface area contributed by atoms with Gasteiger partial charge in [0.15, 0.2) is 0 Å². The lowest BCUT2D eigenvalue weighted by Crippen LogP contribution is -2.44. The van der Waals surface area contributed by atoms with Crippen molar-refractivity contribution in [3.63, 3.8) is 0 Å². The summed E-state index contributed by atoms with van der Waals surface area (Å²) in [6.07, 6.45) is 2.89. The molecule has 0 aromatic rings. The van der Waals surface area contributed by atoms with E-state index >= 15 is 0 Å². The van der Waals surface area contributed by atoms with Gasteiger partial charge in [-0.1, -0.05) is 6.92 Å². The fraction of sp³-hybridized carbons (Fsp3) is 0.833. The molecule has 0 aliphatic rings. The van der Waals surface area contributed by atoms with Crippen LogP contribution in [0.5, 0.6) is 0 Å². The normalized spacial score (nSPS) is 13.9. The minimum absolute atomic E-state index is 0.0928. The van der Waals surface area contributed by atoms with E-state index in [1.165, 1.54) is 0 Å². The van der Waals surface area contributed by atoms with Gasteiger partial charge in [-0.15, -0.1) is 0 Å². The first kappa shape index (κ1) is 15.9. The summed E-state index contributed by atoms with van der Waals surface area (Å²) in [7, 11) is 0. The van der Waals surface area contributed by atoms with Crippen LogP contribution in [0.2, 0.25) is 0 Å². The van der Waals surface area contributed by atoms with Gasteiger partial charge in [0, 0.05) is 19.0 Å². The van der Waals surface area contributed by atoms with Crippen LogP contribution in [0.4, 0.5) is 0 Å². The van der Waals surface area contributed by atoms with Crippen LogP contribution in [0.1, 0.15) is 46.5 Å². The Labute approximate surface area is 104 Å². The molecule has 0 rings (SSSR count). The topological polar surface area (TPSA) is 84.2 Å². The molecule has 2 unspecified atom stereocenters. The Balaban J connectivity index is 3.75. The second-order valence-electron chi connectivity index (χ2n) is 4.45. The Morgan fingerprint density at radius 2 is 1.94 bits per heavy atom. The Kier molecular flexibility index (Phi) is 8.40. The molecule has 0 aromatic carbocycles. The third kappa shape index (κ3) is 8.68. The molecule has 5 heteroatoms. The van der Waals surface area contributed by atoms with Crippen molar-refractivity contribution < 1.29 is 9.59 Å². The van der Waals surface area contributed by atoms with Gasteiger partial charge in [0.05, 0.1) is 0 Å². The number of carbonyl (C=O) groups excluding carboxylic acids is 2. The molecular formula is C12H25N3O2. The van der Waals surface area contributed by atoms with Crippen molar-refractivity contribution in [3.05, 3.63) is 0 Å². The Morgan fingerprint density at radius 3 is 2.47 bits per heavy atom. The molecule has 0 saturated carbocycles. The highest BCUT2D eigenvalue weighted by Gasteiger charge is 2.14. The maximum absolute atomic E-state index is 11.5. The van der Waals surface area contributed by atoms with E-state index in [2.05, 4.69) is 10.6 Å². The molecule has 0 aliphatic heterocycles. The quantitative estimate of drug-likeness (QED) is 0.581. The largest absolute Gasteiger partial charge is 0.354 e. The molecule has 0 saturated heterocycles. The van der Waals surface area contributed by atoms with Crippen LogP contribution < -0.4 is 16.4 Å². The lowest BCUT2D eigenvalue weighted by Gasteiger charge is -2.14. The fourth-order valence-corrected chi connectivity index (χ4v) is 1.37. The summed E-state index contributed by atoms with van der Waals surface area (Å²) in [5.41, 5.74) is 5.59. The first-order chi connectivity index (χ1) is 7.97. The summed E-state index contributed by atoms with van der Waals surface area (Å²) in [5.74, 6) is -0.225. The molecule has 17 heavy (non-hydrogen) atoms. The van der Waals surface area contributed by atoms with Gasteiger partial charge in [-0.05, 0) is 33.1 Å². The average Bonchev–Trinajstić information content (AvgIpc) is 2.25. The highest BCUT2D eigenvalue weighted by Crippen LogP contribution is 1.98. The van der Waals surface area contributed by atoms with Crippen molar-refractivity contribution in [2.24, 2.45) is 5.73 Å². The lowest BCUT2D eigenvalue weighted by molar-refractivity contribution is -0.128. The smallest absolute Gasteiger partial charge is 0.242 e. The van der Waals surface area contributed by atoms with Crippen molar-refractivity contribution in [1.29, 1.82) is 0 Å². The highest BCUT2D eigenvalue weighted by molar-refractivity contribution is 5.87. The van der Waals surface area contributed by atoms with Gasteiger partial charge in [-0.3, -0.25) is 9.59 Å².